The van der Waals surface area contributed by atoms with Crippen molar-refractivity contribution < 1.29 is 9.90 Å². The van der Waals surface area contributed by atoms with Gasteiger partial charge in [0.05, 0.1) is 0 Å². The summed E-state index contributed by atoms with van der Waals surface area (Å²) in [7, 11) is 1.88. The number of thiophene rings is 1. The van der Waals surface area contributed by atoms with Gasteiger partial charge in [-0.3, -0.25) is 0 Å². The van der Waals surface area contributed by atoms with Crippen LogP contribution in [0.2, 0.25) is 0 Å². The molecule has 21 heavy (non-hydrogen) atoms. The lowest BCUT2D eigenvalue weighted by atomic mass is 9.86. The Labute approximate surface area is 131 Å². The highest BCUT2D eigenvalue weighted by Crippen LogP contribution is 2.26. The van der Waals surface area contributed by atoms with Crippen molar-refractivity contribution in [2.75, 3.05) is 20.2 Å². The third-order valence-electron chi connectivity index (χ3n) is 4.53. The van der Waals surface area contributed by atoms with Crippen LogP contribution >= 0.6 is 11.3 Å². The highest BCUT2D eigenvalue weighted by atomic mass is 32.1. The van der Waals surface area contributed by atoms with Crippen molar-refractivity contribution in [3.8, 4) is 0 Å². The van der Waals surface area contributed by atoms with E-state index in [0.29, 0.717) is 24.4 Å². The molecule has 1 aliphatic carbocycles. The first-order valence-corrected chi connectivity index (χ1v) is 8.64. The van der Waals surface area contributed by atoms with Crippen LogP contribution < -0.4 is 5.32 Å². The van der Waals surface area contributed by atoms with E-state index in [2.05, 4.69) is 23.7 Å². The molecule has 2 rings (SSSR count). The highest BCUT2D eigenvalue weighted by molar-refractivity contribution is 7.10. The van der Waals surface area contributed by atoms with E-state index in [0.717, 1.165) is 25.7 Å². The zero-order chi connectivity index (χ0) is 15.2. The van der Waals surface area contributed by atoms with Crippen molar-refractivity contribution >= 4 is 17.4 Å². The largest absolute Gasteiger partial charge is 0.396 e. The van der Waals surface area contributed by atoms with Crippen LogP contribution in [0.25, 0.3) is 0 Å². The molecule has 2 N–H and O–H groups in total. The lowest BCUT2D eigenvalue weighted by molar-refractivity contribution is 0.134. The van der Waals surface area contributed by atoms with Crippen LogP contribution in [-0.2, 0) is 0 Å². The van der Waals surface area contributed by atoms with E-state index < -0.39 is 0 Å². The number of nitrogens with one attached hydrogen (secondary N) is 1. The van der Waals surface area contributed by atoms with E-state index in [9.17, 15) is 4.79 Å². The maximum Gasteiger partial charge on any atom is 0.317 e. The first kappa shape index (κ1) is 16.3. The van der Waals surface area contributed by atoms with Crippen LogP contribution in [0.1, 0.15) is 43.4 Å². The molecule has 2 amide bonds. The summed E-state index contributed by atoms with van der Waals surface area (Å²) in [4.78, 5) is 15.4. The number of aliphatic hydroxyl groups excluding tert-OH is 1. The van der Waals surface area contributed by atoms with Crippen molar-refractivity contribution in [2.24, 2.45) is 5.92 Å². The third kappa shape index (κ3) is 4.45. The molecular weight excluding hydrogens is 284 g/mol. The van der Waals surface area contributed by atoms with E-state index >= 15 is 0 Å². The number of nitrogens with zero attached hydrogens (tertiary/aromatic N) is 1. The molecule has 118 valence electrons. The minimum Gasteiger partial charge on any atom is -0.396 e. The summed E-state index contributed by atoms with van der Waals surface area (Å²) < 4.78 is 0. The molecule has 1 heterocycles. The Kier molecular flexibility index (Phi) is 6.06. The minimum absolute atomic E-state index is 0.0193. The molecule has 0 bridgehead atoms. The Hall–Kier alpha value is -1.07. The van der Waals surface area contributed by atoms with Crippen molar-refractivity contribution in [1.82, 2.24) is 10.2 Å². The number of rotatable bonds is 5. The molecule has 4 nitrogen and oxygen atoms in total. The van der Waals surface area contributed by atoms with Gasteiger partial charge in [0.2, 0.25) is 0 Å². The maximum atomic E-state index is 12.2. The lowest BCUT2D eigenvalue weighted by Gasteiger charge is -2.34. The minimum atomic E-state index is 0.0193. The Morgan fingerprint density at radius 3 is 2.76 bits per heavy atom. The normalized spacial score (nSPS) is 23.6. The molecule has 1 saturated carbocycles. The van der Waals surface area contributed by atoms with Crippen molar-refractivity contribution in [3.05, 3.63) is 22.4 Å². The first-order valence-electron chi connectivity index (χ1n) is 7.76. The quantitative estimate of drug-likeness (QED) is 0.878. The topological polar surface area (TPSA) is 52.6 Å². The average molecular weight is 310 g/mol. The SMILES string of the molecule is CC(CNC(=O)N(C)C1CCC(CO)CC1)c1cccs1. The third-order valence-corrected chi connectivity index (χ3v) is 5.63. The Balaban J connectivity index is 1.75. The van der Waals surface area contributed by atoms with Crippen LogP contribution in [0.15, 0.2) is 17.5 Å². The fraction of sp³-hybridized carbons (Fsp3) is 0.688. The molecule has 1 aromatic heterocycles. The predicted octanol–water partition coefficient (Wildman–Crippen LogP) is 3.04. The van der Waals surface area contributed by atoms with Crippen molar-refractivity contribution in [1.29, 1.82) is 0 Å². The van der Waals surface area contributed by atoms with Gasteiger partial charge in [-0.05, 0) is 43.0 Å². The molecule has 0 saturated heterocycles. The van der Waals surface area contributed by atoms with Gasteiger partial charge in [0, 0.05) is 37.0 Å². The molecule has 1 fully saturated rings. The molecule has 1 aromatic rings. The number of hydrogen-bond donors (Lipinski definition) is 2. The Morgan fingerprint density at radius 1 is 1.48 bits per heavy atom. The number of urea groups is 1. The predicted molar refractivity (Wildman–Crippen MR) is 86.7 cm³/mol. The number of carbonyl (C=O) groups excluding carboxylic acids is 1. The van der Waals surface area contributed by atoms with Gasteiger partial charge in [0.1, 0.15) is 0 Å². The zero-order valence-corrected chi connectivity index (χ0v) is 13.7. The lowest BCUT2D eigenvalue weighted by Crippen LogP contribution is -2.46. The Bertz CT molecular complexity index is 427. The average Bonchev–Trinajstić information content (AvgIpc) is 3.06. The summed E-state index contributed by atoms with van der Waals surface area (Å²) in [6.45, 7) is 3.09. The Morgan fingerprint density at radius 2 is 2.19 bits per heavy atom. The monoisotopic (exact) mass is 310 g/mol. The van der Waals surface area contributed by atoms with Gasteiger partial charge in [-0.25, -0.2) is 4.79 Å². The number of hydrogen-bond acceptors (Lipinski definition) is 3. The smallest absolute Gasteiger partial charge is 0.317 e. The van der Waals surface area contributed by atoms with E-state index in [1.54, 1.807) is 11.3 Å². The van der Waals surface area contributed by atoms with Crippen LogP contribution in [0, 0.1) is 5.92 Å². The second-order valence-corrected chi connectivity index (χ2v) is 7.05. The second-order valence-electron chi connectivity index (χ2n) is 6.07. The van der Waals surface area contributed by atoms with Crippen molar-refractivity contribution in [2.45, 2.75) is 44.6 Å². The first-order chi connectivity index (χ1) is 10.1. The van der Waals surface area contributed by atoms with Gasteiger partial charge in [-0.2, -0.15) is 0 Å². The molecule has 0 aliphatic heterocycles. The van der Waals surface area contributed by atoms with E-state index in [4.69, 9.17) is 5.11 Å². The molecule has 5 heteroatoms. The second kappa shape index (κ2) is 7.80. The van der Waals surface area contributed by atoms with Crippen LogP contribution in [0.5, 0.6) is 0 Å². The summed E-state index contributed by atoms with van der Waals surface area (Å²) in [5.74, 6) is 0.782. The van der Waals surface area contributed by atoms with Gasteiger partial charge >= 0.3 is 6.03 Å². The van der Waals surface area contributed by atoms with E-state index in [1.165, 1.54) is 4.88 Å². The fourth-order valence-corrected chi connectivity index (χ4v) is 3.70. The van der Waals surface area contributed by atoms with Gasteiger partial charge in [0.15, 0.2) is 0 Å². The summed E-state index contributed by atoms with van der Waals surface area (Å²) in [5, 5.41) is 14.3. The van der Waals surface area contributed by atoms with Gasteiger partial charge in [-0.1, -0.05) is 13.0 Å². The van der Waals surface area contributed by atoms with Crippen LogP contribution in [0.4, 0.5) is 4.79 Å². The zero-order valence-electron chi connectivity index (χ0n) is 12.9. The van der Waals surface area contributed by atoms with E-state index in [-0.39, 0.29) is 12.6 Å². The van der Waals surface area contributed by atoms with Gasteiger partial charge < -0.3 is 15.3 Å². The summed E-state index contributed by atoms with van der Waals surface area (Å²) >= 11 is 1.73. The van der Waals surface area contributed by atoms with Gasteiger partial charge in [0.25, 0.3) is 0 Å². The molecule has 1 atom stereocenters. The van der Waals surface area contributed by atoms with Gasteiger partial charge in [-0.15, -0.1) is 11.3 Å². The molecule has 1 unspecified atom stereocenters. The van der Waals surface area contributed by atoms with Crippen LogP contribution in [0.3, 0.4) is 0 Å². The maximum absolute atomic E-state index is 12.2. The molecule has 0 aromatic carbocycles. The fourth-order valence-electron chi connectivity index (χ4n) is 2.92. The number of aliphatic hydroxyl groups is 1. The highest BCUT2D eigenvalue weighted by Gasteiger charge is 2.26. The molecule has 0 radical (unpaired) electrons. The van der Waals surface area contributed by atoms with Crippen LogP contribution in [-0.4, -0.2) is 42.3 Å². The molecule has 0 spiro atoms. The number of carbonyl (C=O) groups is 1. The van der Waals surface area contributed by atoms with Crippen molar-refractivity contribution in [3.63, 3.8) is 0 Å². The molecular formula is C16H26N2O2S. The number of amides is 2. The standard InChI is InChI=1S/C16H26N2O2S/c1-12(15-4-3-9-21-15)10-17-16(20)18(2)14-7-5-13(11-19)6-8-14/h3-4,9,12-14,19H,5-8,10-11H2,1-2H3,(H,17,20). The summed E-state index contributed by atoms with van der Waals surface area (Å²) in [6, 6.07) is 4.49. The summed E-state index contributed by atoms with van der Waals surface area (Å²) in [5.41, 5.74) is 0. The molecule has 1 aliphatic rings. The van der Waals surface area contributed by atoms with E-state index in [1.807, 2.05) is 18.0 Å². The summed E-state index contributed by atoms with van der Waals surface area (Å²) in [6.07, 6.45) is 4.03.